The first-order valence-electron chi connectivity index (χ1n) is 8.75. The number of ether oxygens (including phenoxy) is 1. The summed E-state index contributed by atoms with van der Waals surface area (Å²) in [6.07, 6.45) is 0. The van der Waals surface area contributed by atoms with Crippen molar-refractivity contribution in [3.05, 3.63) is 82.7 Å². The van der Waals surface area contributed by atoms with Crippen LogP contribution in [0.5, 0.6) is 5.75 Å². The number of nitrogens with one attached hydrogen (secondary N) is 2. The Bertz CT molecular complexity index is 1020. The van der Waals surface area contributed by atoms with Crippen LogP contribution in [0.1, 0.15) is 26.3 Å². The Kier molecular flexibility index (Phi) is 6.59. The van der Waals surface area contributed by atoms with Gasteiger partial charge in [0.25, 0.3) is 17.7 Å². The first-order chi connectivity index (χ1) is 14.0. The molecule has 0 aliphatic rings. The molecule has 3 rings (SSSR count). The molecule has 3 aromatic rings. The predicted octanol–water partition coefficient (Wildman–Crippen LogP) is 2.79. The fourth-order valence-corrected chi connectivity index (χ4v) is 3.37. The summed E-state index contributed by atoms with van der Waals surface area (Å²) in [7, 11) is 0. The van der Waals surface area contributed by atoms with Crippen LogP contribution in [0.3, 0.4) is 0 Å². The molecule has 148 valence electrons. The second-order valence-electron chi connectivity index (χ2n) is 6.03. The standard InChI is InChI=1S/C21H19N3O4S/c22-19(26)16-10-11-29-21(16)24-18(25)13-28-17-9-5-4-8-15(17)20(27)23-12-14-6-2-1-3-7-14/h1-11H,12-13H2,(H2,22,26)(H,23,27)(H,24,25). The van der Waals surface area contributed by atoms with Crippen molar-refractivity contribution in [3.8, 4) is 5.75 Å². The monoisotopic (exact) mass is 409 g/mol. The van der Waals surface area contributed by atoms with Crippen molar-refractivity contribution in [1.29, 1.82) is 0 Å². The average molecular weight is 409 g/mol. The Hall–Kier alpha value is -3.65. The molecule has 1 heterocycles. The van der Waals surface area contributed by atoms with Crippen LogP contribution >= 0.6 is 11.3 Å². The number of thiophene rings is 1. The number of hydrogen-bond donors (Lipinski definition) is 3. The van der Waals surface area contributed by atoms with Gasteiger partial charge in [-0.3, -0.25) is 14.4 Å². The number of nitrogens with two attached hydrogens (primary N) is 1. The molecule has 0 bridgehead atoms. The molecule has 7 nitrogen and oxygen atoms in total. The molecule has 0 unspecified atom stereocenters. The third kappa shape index (κ3) is 5.43. The molecular weight excluding hydrogens is 390 g/mol. The van der Waals surface area contributed by atoms with Gasteiger partial charge in [0, 0.05) is 6.54 Å². The Morgan fingerprint density at radius 2 is 1.66 bits per heavy atom. The van der Waals surface area contributed by atoms with Crippen LogP contribution in [0.15, 0.2) is 66.0 Å². The number of rotatable bonds is 8. The van der Waals surface area contributed by atoms with Gasteiger partial charge in [-0.15, -0.1) is 11.3 Å². The average Bonchev–Trinajstić information content (AvgIpc) is 3.20. The Morgan fingerprint density at radius 3 is 2.41 bits per heavy atom. The summed E-state index contributed by atoms with van der Waals surface area (Å²) in [5.74, 6) is -1.11. The smallest absolute Gasteiger partial charge is 0.262 e. The summed E-state index contributed by atoms with van der Waals surface area (Å²) in [4.78, 5) is 36.0. The SMILES string of the molecule is NC(=O)c1ccsc1NC(=O)COc1ccccc1C(=O)NCc1ccccc1. The summed E-state index contributed by atoms with van der Waals surface area (Å²) < 4.78 is 5.54. The molecule has 0 fully saturated rings. The minimum atomic E-state index is -0.622. The quantitative estimate of drug-likeness (QED) is 0.531. The number of hydrogen-bond acceptors (Lipinski definition) is 5. The molecule has 2 aromatic carbocycles. The molecule has 0 atom stereocenters. The number of anilines is 1. The van der Waals surface area contributed by atoms with E-state index in [4.69, 9.17) is 10.5 Å². The largest absolute Gasteiger partial charge is 0.483 e. The van der Waals surface area contributed by atoms with Crippen molar-refractivity contribution in [3.63, 3.8) is 0 Å². The minimum Gasteiger partial charge on any atom is -0.483 e. The third-order valence-corrected chi connectivity index (χ3v) is 4.80. The lowest BCUT2D eigenvalue weighted by atomic mass is 10.1. The van der Waals surface area contributed by atoms with Crippen LogP contribution in [-0.2, 0) is 11.3 Å². The lowest BCUT2D eigenvalue weighted by Gasteiger charge is -2.12. The van der Waals surface area contributed by atoms with Gasteiger partial charge in [0.15, 0.2) is 6.61 Å². The molecule has 1 aromatic heterocycles. The molecular formula is C21H19N3O4S. The molecule has 29 heavy (non-hydrogen) atoms. The van der Waals surface area contributed by atoms with Crippen LogP contribution < -0.4 is 21.1 Å². The van der Waals surface area contributed by atoms with Crippen molar-refractivity contribution >= 4 is 34.1 Å². The molecule has 0 spiro atoms. The van der Waals surface area contributed by atoms with Gasteiger partial charge in [0.1, 0.15) is 10.8 Å². The van der Waals surface area contributed by atoms with Crippen molar-refractivity contribution in [2.45, 2.75) is 6.54 Å². The van der Waals surface area contributed by atoms with E-state index in [1.165, 1.54) is 17.4 Å². The van der Waals surface area contributed by atoms with E-state index in [-0.39, 0.29) is 23.8 Å². The molecule has 0 saturated carbocycles. The zero-order valence-electron chi connectivity index (χ0n) is 15.4. The molecule has 8 heteroatoms. The number of para-hydroxylation sites is 1. The van der Waals surface area contributed by atoms with E-state index in [9.17, 15) is 14.4 Å². The van der Waals surface area contributed by atoms with Gasteiger partial charge in [0.2, 0.25) is 0 Å². The molecule has 0 aliphatic carbocycles. The molecule has 0 saturated heterocycles. The summed E-state index contributed by atoms with van der Waals surface area (Å²) in [5, 5.41) is 7.44. The van der Waals surface area contributed by atoms with E-state index in [1.54, 1.807) is 29.6 Å². The number of carbonyl (C=O) groups excluding carboxylic acids is 3. The van der Waals surface area contributed by atoms with Crippen molar-refractivity contribution in [2.75, 3.05) is 11.9 Å². The van der Waals surface area contributed by atoms with E-state index >= 15 is 0 Å². The summed E-state index contributed by atoms with van der Waals surface area (Å²) in [5.41, 5.74) is 6.80. The topological polar surface area (TPSA) is 111 Å². The zero-order valence-corrected chi connectivity index (χ0v) is 16.2. The summed E-state index contributed by atoms with van der Waals surface area (Å²) in [6.45, 7) is 0.0574. The number of amides is 3. The maximum absolute atomic E-state index is 12.5. The third-order valence-electron chi connectivity index (χ3n) is 3.97. The second-order valence-corrected chi connectivity index (χ2v) is 6.95. The fourth-order valence-electron chi connectivity index (χ4n) is 2.56. The van der Waals surface area contributed by atoms with Crippen LogP contribution in [0.2, 0.25) is 0 Å². The molecule has 3 amide bonds. The molecule has 0 aliphatic heterocycles. The Labute approximate surface area is 171 Å². The Morgan fingerprint density at radius 1 is 0.931 bits per heavy atom. The zero-order chi connectivity index (χ0) is 20.6. The van der Waals surface area contributed by atoms with E-state index in [0.29, 0.717) is 17.1 Å². The highest BCUT2D eigenvalue weighted by Crippen LogP contribution is 2.23. The van der Waals surface area contributed by atoms with Crippen LogP contribution in [0.25, 0.3) is 0 Å². The minimum absolute atomic E-state index is 0.240. The van der Waals surface area contributed by atoms with Gasteiger partial charge in [-0.25, -0.2) is 0 Å². The highest BCUT2D eigenvalue weighted by Gasteiger charge is 2.15. The van der Waals surface area contributed by atoms with Crippen molar-refractivity contribution in [2.24, 2.45) is 5.73 Å². The fraction of sp³-hybridized carbons (Fsp3) is 0.0952. The lowest BCUT2D eigenvalue weighted by molar-refractivity contribution is -0.118. The molecule has 4 N–H and O–H groups in total. The maximum atomic E-state index is 12.5. The number of carbonyl (C=O) groups is 3. The second kappa shape index (κ2) is 9.52. The summed E-state index contributed by atoms with van der Waals surface area (Å²) >= 11 is 1.19. The van der Waals surface area contributed by atoms with Crippen LogP contribution in [-0.4, -0.2) is 24.3 Å². The highest BCUT2D eigenvalue weighted by atomic mass is 32.1. The maximum Gasteiger partial charge on any atom is 0.262 e. The van der Waals surface area contributed by atoms with Gasteiger partial charge >= 0.3 is 0 Å². The number of primary amides is 1. The number of benzene rings is 2. The highest BCUT2D eigenvalue weighted by molar-refractivity contribution is 7.14. The van der Waals surface area contributed by atoms with Gasteiger partial charge < -0.3 is 21.1 Å². The van der Waals surface area contributed by atoms with E-state index < -0.39 is 11.8 Å². The first kappa shape index (κ1) is 20.1. The van der Waals surface area contributed by atoms with Crippen LogP contribution in [0.4, 0.5) is 5.00 Å². The normalized spacial score (nSPS) is 10.2. The van der Waals surface area contributed by atoms with Crippen LogP contribution in [0, 0.1) is 0 Å². The van der Waals surface area contributed by atoms with Gasteiger partial charge in [0.05, 0.1) is 11.1 Å². The lowest BCUT2D eigenvalue weighted by Crippen LogP contribution is -2.25. The van der Waals surface area contributed by atoms with Gasteiger partial charge in [-0.1, -0.05) is 42.5 Å². The van der Waals surface area contributed by atoms with E-state index in [2.05, 4.69) is 10.6 Å². The van der Waals surface area contributed by atoms with Crippen molar-refractivity contribution in [1.82, 2.24) is 5.32 Å². The van der Waals surface area contributed by atoms with Gasteiger partial charge in [-0.2, -0.15) is 0 Å². The van der Waals surface area contributed by atoms with E-state index in [1.807, 2.05) is 30.3 Å². The predicted molar refractivity (Wildman–Crippen MR) is 111 cm³/mol. The van der Waals surface area contributed by atoms with Crippen molar-refractivity contribution < 1.29 is 19.1 Å². The summed E-state index contributed by atoms with van der Waals surface area (Å²) in [6, 6.07) is 17.7. The van der Waals surface area contributed by atoms with Gasteiger partial charge in [-0.05, 0) is 29.1 Å². The molecule has 0 radical (unpaired) electrons. The van der Waals surface area contributed by atoms with E-state index in [0.717, 1.165) is 5.56 Å². The Balaban J connectivity index is 1.60. The first-order valence-corrected chi connectivity index (χ1v) is 9.63.